The number of fused-ring (bicyclic) bond motifs is 1. The molecule has 0 bridgehead atoms. The molecule has 2 heteroatoms. The van der Waals surface area contributed by atoms with E-state index in [1.165, 1.54) is 42.6 Å². The Morgan fingerprint density at radius 3 is 3.00 bits per heavy atom. The Balaban J connectivity index is 2.15. The Morgan fingerprint density at radius 2 is 2.24 bits per heavy atom. The van der Waals surface area contributed by atoms with Gasteiger partial charge in [-0.1, -0.05) is 19.1 Å². The normalized spacial score (nSPS) is 16.8. The Kier molecular flexibility index (Phi) is 4.06. The standard InChI is InChI=1S/C15H24N2/c1-4-9-16-12(2)13-7-8-15-14(11-13)6-5-10-17(15)3/h7-8,11-12,16H,4-6,9-10H2,1-3H3. The average molecular weight is 232 g/mol. The van der Waals surface area contributed by atoms with Gasteiger partial charge in [0, 0.05) is 25.3 Å². The van der Waals surface area contributed by atoms with Crippen LogP contribution < -0.4 is 10.2 Å². The number of anilines is 1. The third-order valence-corrected chi connectivity index (χ3v) is 3.65. The van der Waals surface area contributed by atoms with Crippen LogP contribution in [-0.2, 0) is 6.42 Å². The maximum absolute atomic E-state index is 3.55. The largest absolute Gasteiger partial charge is 0.374 e. The van der Waals surface area contributed by atoms with Gasteiger partial charge in [-0.2, -0.15) is 0 Å². The summed E-state index contributed by atoms with van der Waals surface area (Å²) >= 11 is 0. The number of hydrogen-bond acceptors (Lipinski definition) is 2. The number of hydrogen-bond donors (Lipinski definition) is 1. The van der Waals surface area contributed by atoms with Crippen LogP contribution in [0.15, 0.2) is 18.2 Å². The summed E-state index contributed by atoms with van der Waals surface area (Å²) in [6, 6.07) is 7.41. The minimum Gasteiger partial charge on any atom is -0.374 e. The minimum absolute atomic E-state index is 0.465. The molecule has 0 aromatic heterocycles. The molecule has 0 radical (unpaired) electrons. The number of rotatable bonds is 4. The molecule has 17 heavy (non-hydrogen) atoms. The molecule has 0 spiro atoms. The first kappa shape index (κ1) is 12.4. The van der Waals surface area contributed by atoms with Crippen molar-refractivity contribution >= 4 is 5.69 Å². The van der Waals surface area contributed by atoms with Gasteiger partial charge in [0.1, 0.15) is 0 Å². The number of nitrogens with one attached hydrogen (secondary N) is 1. The van der Waals surface area contributed by atoms with Crippen LogP contribution in [0.3, 0.4) is 0 Å². The average Bonchev–Trinajstić information content (AvgIpc) is 2.36. The molecule has 1 aromatic rings. The summed E-state index contributed by atoms with van der Waals surface area (Å²) in [4.78, 5) is 2.37. The smallest absolute Gasteiger partial charge is 0.0396 e. The molecule has 0 amide bonds. The summed E-state index contributed by atoms with van der Waals surface area (Å²) < 4.78 is 0. The molecular formula is C15H24N2. The van der Waals surface area contributed by atoms with Crippen LogP contribution in [0.5, 0.6) is 0 Å². The SMILES string of the molecule is CCCNC(C)c1ccc2c(c1)CCCN2C. The molecule has 0 saturated heterocycles. The van der Waals surface area contributed by atoms with E-state index in [9.17, 15) is 0 Å². The summed E-state index contributed by atoms with van der Waals surface area (Å²) in [5.74, 6) is 0. The fourth-order valence-electron chi connectivity index (χ4n) is 2.55. The van der Waals surface area contributed by atoms with Crippen molar-refractivity contribution < 1.29 is 0 Å². The van der Waals surface area contributed by atoms with Crippen LogP contribution in [0.4, 0.5) is 5.69 Å². The fourth-order valence-corrected chi connectivity index (χ4v) is 2.55. The van der Waals surface area contributed by atoms with E-state index in [1.54, 1.807) is 0 Å². The Labute approximate surface area is 105 Å². The Hall–Kier alpha value is -1.02. The molecule has 1 aromatic carbocycles. The first-order valence-corrected chi connectivity index (χ1v) is 6.79. The van der Waals surface area contributed by atoms with Gasteiger partial charge in [0.25, 0.3) is 0 Å². The van der Waals surface area contributed by atoms with Crippen LogP contribution in [0.1, 0.15) is 43.9 Å². The van der Waals surface area contributed by atoms with Crippen molar-refractivity contribution in [2.45, 2.75) is 39.2 Å². The van der Waals surface area contributed by atoms with Crippen molar-refractivity contribution in [1.29, 1.82) is 0 Å². The molecule has 0 fully saturated rings. The number of aryl methyl sites for hydroxylation is 1. The van der Waals surface area contributed by atoms with Crippen LogP contribution in [0.25, 0.3) is 0 Å². The molecular weight excluding hydrogens is 208 g/mol. The van der Waals surface area contributed by atoms with E-state index in [2.05, 4.69) is 49.3 Å². The van der Waals surface area contributed by atoms with Gasteiger partial charge in [-0.15, -0.1) is 0 Å². The van der Waals surface area contributed by atoms with Gasteiger partial charge < -0.3 is 10.2 Å². The summed E-state index contributed by atoms with van der Waals surface area (Å²) in [6.07, 6.45) is 3.70. The predicted octanol–water partition coefficient (Wildman–Crippen LogP) is 3.13. The zero-order chi connectivity index (χ0) is 12.3. The van der Waals surface area contributed by atoms with Gasteiger partial charge in [-0.25, -0.2) is 0 Å². The first-order chi connectivity index (χ1) is 8.22. The number of benzene rings is 1. The highest BCUT2D eigenvalue weighted by atomic mass is 15.1. The van der Waals surface area contributed by atoms with E-state index >= 15 is 0 Å². The van der Waals surface area contributed by atoms with Crippen molar-refractivity contribution in [2.75, 3.05) is 25.0 Å². The van der Waals surface area contributed by atoms with Crippen molar-refractivity contribution in [3.05, 3.63) is 29.3 Å². The van der Waals surface area contributed by atoms with Gasteiger partial charge in [0.2, 0.25) is 0 Å². The molecule has 1 aliphatic rings. The van der Waals surface area contributed by atoms with Gasteiger partial charge in [-0.3, -0.25) is 0 Å². The van der Waals surface area contributed by atoms with Crippen molar-refractivity contribution in [3.8, 4) is 0 Å². The molecule has 1 atom stereocenters. The highest BCUT2D eigenvalue weighted by Gasteiger charge is 2.15. The zero-order valence-electron chi connectivity index (χ0n) is 11.3. The third-order valence-electron chi connectivity index (χ3n) is 3.65. The molecule has 1 unspecified atom stereocenters. The minimum atomic E-state index is 0.465. The molecule has 0 aliphatic carbocycles. The molecule has 0 saturated carbocycles. The molecule has 1 N–H and O–H groups in total. The van der Waals surface area contributed by atoms with Crippen molar-refractivity contribution in [3.63, 3.8) is 0 Å². The van der Waals surface area contributed by atoms with E-state index in [0.29, 0.717) is 6.04 Å². The van der Waals surface area contributed by atoms with E-state index in [1.807, 2.05) is 0 Å². The van der Waals surface area contributed by atoms with Crippen LogP contribution in [0.2, 0.25) is 0 Å². The van der Waals surface area contributed by atoms with Gasteiger partial charge in [-0.05, 0) is 49.9 Å². The maximum atomic E-state index is 3.55. The highest BCUT2D eigenvalue weighted by Crippen LogP contribution is 2.28. The van der Waals surface area contributed by atoms with Crippen molar-refractivity contribution in [2.24, 2.45) is 0 Å². The van der Waals surface area contributed by atoms with E-state index in [4.69, 9.17) is 0 Å². The van der Waals surface area contributed by atoms with E-state index in [-0.39, 0.29) is 0 Å². The number of nitrogens with zero attached hydrogens (tertiary/aromatic N) is 1. The molecule has 1 aliphatic heterocycles. The summed E-state index contributed by atoms with van der Waals surface area (Å²) in [5.41, 5.74) is 4.36. The second kappa shape index (κ2) is 5.54. The second-order valence-corrected chi connectivity index (χ2v) is 5.09. The molecule has 94 valence electrons. The quantitative estimate of drug-likeness (QED) is 0.858. The third kappa shape index (κ3) is 2.81. The fraction of sp³-hybridized carbons (Fsp3) is 0.600. The lowest BCUT2D eigenvalue weighted by molar-refractivity contribution is 0.569. The van der Waals surface area contributed by atoms with Gasteiger partial charge >= 0.3 is 0 Å². The monoisotopic (exact) mass is 232 g/mol. The molecule has 2 nitrogen and oxygen atoms in total. The van der Waals surface area contributed by atoms with Crippen LogP contribution in [0, 0.1) is 0 Å². The lowest BCUT2D eigenvalue weighted by Gasteiger charge is -2.28. The maximum Gasteiger partial charge on any atom is 0.0396 e. The van der Waals surface area contributed by atoms with Gasteiger partial charge in [0.15, 0.2) is 0 Å². The second-order valence-electron chi connectivity index (χ2n) is 5.09. The van der Waals surface area contributed by atoms with Crippen LogP contribution in [-0.4, -0.2) is 20.1 Å². The summed E-state index contributed by atoms with van der Waals surface area (Å²) in [5, 5.41) is 3.55. The Bertz CT molecular complexity index is 373. The summed E-state index contributed by atoms with van der Waals surface area (Å²) in [6.45, 7) is 6.75. The van der Waals surface area contributed by atoms with Gasteiger partial charge in [0.05, 0.1) is 0 Å². The first-order valence-electron chi connectivity index (χ1n) is 6.79. The topological polar surface area (TPSA) is 15.3 Å². The summed E-state index contributed by atoms with van der Waals surface area (Å²) in [7, 11) is 2.19. The molecule has 2 rings (SSSR count). The Morgan fingerprint density at radius 1 is 1.41 bits per heavy atom. The highest BCUT2D eigenvalue weighted by molar-refractivity contribution is 5.56. The molecule has 1 heterocycles. The predicted molar refractivity (Wildman–Crippen MR) is 74.7 cm³/mol. The lowest BCUT2D eigenvalue weighted by Crippen LogP contribution is -2.25. The van der Waals surface area contributed by atoms with E-state index < -0.39 is 0 Å². The van der Waals surface area contributed by atoms with E-state index in [0.717, 1.165) is 6.54 Å². The van der Waals surface area contributed by atoms with Crippen LogP contribution >= 0.6 is 0 Å². The lowest BCUT2D eigenvalue weighted by atomic mass is 9.97. The zero-order valence-corrected chi connectivity index (χ0v) is 11.3. The van der Waals surface area contributed by atoms with Crippen molar-refractivity contribution in [1.82, 2.24) is 5.32 Å².